The number of aromatic hydroxyl groups is 1. The van der Waals surface area contributed by atoms with Gasteiger partial charge in [0.2, 0.25) is 0 Å². The molecule has 4 fully saturated rings. The summed E-state index contributed by atoms with van der Waals surface area (Å²) in [5.74, 6) is -0.528. The molecule has 0 saturated heterocycles. The Labute approximate surface area is 165 Å². The maximum atomic E-state index is 13.7. The number of carbonyl (C=O) groups is 1. The average Bonchev–Trinajstić information content (AvgIpc) is 2.64. The standard InChI is InChI=1S/C19H22F2O6S/c20-19(21,28-27-26-24)16(23)25-11-17-6-12-5-13(7-17)9-18(8-12,10-17)14-1-3-15(22)4-2-14/h1-4,12-13,22,24H,5-11H2. The van der Waals surface area contributed by atoms with Crippen molar-refractivity contribution in [2.45, 2.75) is 49.2 Å². The number of phenols is 1. The van der Waals surface area contributed by atoms with Crippen molar-refractivity contribution in [1.82, 2.24) is 0 Å². The first kappa shape index (κ1) is 19.9. The Kier molecular flexibility index (Phi) is 5.06. The fourth-order valence-corrected chi connectivity index (χ4v) is 6.41. The van der Waals surface area contributed by atoms with Gasteiger partial charge in [-0.25, -0.2) is 10.1 Å². The molecule has 154 valence electrons. The predicted molar refractivity (Wildman–Crippen MR) is 95.2 cm³/mol. The lowest BCUT2D eigenvalue weighted by Gasteiger charge is -2.62. The van der Waals surface area contributed by atoms with Crippen molar-refractivity contribution in [1.29, 1.82) is 0 Å². The van der Waals surface area contributed by atoms with E-state index >= 15 is 0 Å². The van der Waals surface area contributed by atoms with E-state index in [1.807, 2.05) is 12.1 Å². The number of esters is 1. The third-order valence-electron chi connectivity index (χ3n) is 6.58. The molecule has 0 aliphatic heterocycles. The first-order chi connectivity index (χ1) is 13.3. The number of benzene rings is 1. The fraction of sp³-hybridized carbons (Fsp3) is 0.632. The molecule has 2 N–H and O–H groups in total. The molecular weight excluding hydrogens is 394 g/mol. The van der Waals surface area contributed by atoms with Gasteiger partial charge in [-0.15, -0.1) is 4.33 Å². The van der Waals surface area contributed by atoms with Gasteiger partial charge in [0.15, 0.2) is 0 Å². The average molecular weight is 416 g/mol. The number of hydrogen-bond acceptors (Lipinski definition) is 7. The second-order valence-electron chi connectivity index (χ2n) is 8.61. The highest BCUT2D eigenvalue weighted by atomic mass is 32.2. The van der Waals surface area contributed by atoms with Crippen LogP contribution in [0.4, 0.5) is 8.78 Å². The van der Waals surface area contributed by atoms with Gasteiger partial charge in [-0.1, -0.05) is 17.2 Å². The van der Waals surface area contributed by atoms with Crippen molar-refractivity contribution in [3.8, 4) is 5.75 Å². The molecule has 0 radical (unpaired) electrons. The molecular formula is C19H22F2O6S. The van der Waals surface area contributed by atoms with Crippen LogP contribution in [-0.2, 0) is 24.3 Å². The second-order valence-corrected chi connectivity index (χ2v) is 9.42. The van der Waals surface area contributed by atoms with E-state index in [2.05, 4.69) is 9.37 Å². The van der Waals surface area contributed by atoms with Gasteiger partial charge < -0.3 is 9.84 Å². The van der Waals surface area contributed by atoms with E-state index in [-0.39, 0.29) is 23.2 Å². The molecule has 1 aromatic rings. The summed E-state index contributed by atoms with van der Waals surface area (Å²) in [6.45, 7) is -0.0607. The molecule has 4 bridgehead atoms. The quantitative estimate of drug-likeness (QED) is 0.294. The summed E-state index contributed by atoms with van der Waals surface area (Å²) in [5, 5.41) is 16.8. The van der Waals surface area contributed by atoms with Crippen molar-refractivity contribution in [2.75, 3.05) is 6.61 Å². The Bertz CT molecular complexity index is 726. The van der Waals surface area contributed by atoms with Crippen LogP contribution in [0.25, 0.3) is 0 Å². The summed E-state index contributed by atoms with van der Waals surface area (Å²) in [5.41, 5.74) is 0.784. The smallest absolute Gasteiger partial charge is 0.415 e. The number of alkyl halides is 2. The van der Waals surface area contributed by atoms with E-state index in [0.29, 0.717) is 11.8 Å². The Balaban J connectivity index is 1.50. The largest absolute Gasteiger partial charge is 0.508 e. The van der Waals surface area contributed by atoms with E-state index in [0.717, 1.165) is 44.1 Å². The van der Waals surface area contributed by atoms with E-state index in [1.54, 1.807) is 12.1 Å². The molecule has 4 saturated carbocycles. The van der Waals surface area contributed by atoms with Crippen LogP contribution < -0.4 is 0 Å². The van der Waals surface area contributed by atoms with E-state index in [1.165, 1.54) is 0 Å². The van der Waals surface area contributed by atoms with Crippen molar-refractivity contribution in [3.05, 3.63) is 29.8 Å². The molecule has 0 aromatic heterocycles. The molecule has 0 spiro atoms. The van der Waals surface area contributed by atoms with Crippen LogP contribution >= 0.6 is 12.0 Å². The highest BCUT2D eigenvalue weighted by Gasteiger charge is 2.59. The lowest BCUT2D eigenvalue weighted by molar-refractivity contribution is -0.433. The van der Waals surface area contributed by atoms with Gasteiger partial charge >= 0.3 is 11.2 Å². The predicted octanol–water partition coefficient (Wildman–Crippen LogP) is 4.44. The molecule has 2 atom stereocenters. The van der Waals surface area contributed by atoms with Gasteiger partial charge in [0.1, 0.15) is 17.8 Å². The number of halogens is 2. The third kappa shape index (κ3) is 3.60. The Morgan fingerprint density at radius 3 is 2.43 bits per heavy atom. The van der Waals surface area contributed by atoms with Crippen LogP contribution in [0.3, 0.4) is 0 Å². The monoisotopic (exact) mass is 416 g/mol. The number of hydrogen-bond donors (Lipinski definition) is 2. The van der Waals surface area contributed by atoms with E-state index in [4.69, 9.17) is 9.99 Å². The molecule has 4 aliphatic rings. The van der Waals surface area contributed by atoms with Gasteiger partial charge in [0, 0.05) is 5.41 Å². The summed E-state index contributed by atoms with van der Waals surface area (Å²) in [6.07, 6.45) is 5.72. The maximum absolute atomic E-state index is 13.7. The van der Waals surface area contributed by atoms with Crippen LogP contribution in [0.1, 0.15) is 44.1 Å². The molecule has 0 heterocycles. The molecule has 1 aromatic carbocycles. The Hall–Kier alpha value is -1.42. The molecule has 5 rings (SSSR count). The molecule has 2 unspecified atom stereocenters. The minimum atomic E-state index is -3.97. The normalized spacial score (nSPS) is 33.8. The summed E-state index contributed by atoms with van der Waals surface area (Å²) in [7, 11) is 0. The van der Waals surface area contributed by atoms with E-state index in [9.17, 15) is 18.7 Å². The lowest BCUT2D eigenvalue weighted by Crippen LogP contribution is -2.55. The first-order valence-electron chi connectivity index (χ1n) is 9.26. The van der Waals surface area contributed by atoms with Crippen LogP contribution in [-0.4, -0.2) is 28.2 Å². The van der Waals surface area contributed by atoms with Gasteiger partial charge in [0.05, 0.1) is 6.61 Å². The fourth-order valence-electron chi connectivity index (χ4n) is 6.17. The van der Waals surface area contributed by atoms with Gasteiger partial charge in [-0.05, 0) is 73.5 Å². The van der Waals surface area contributed by atoms with E-state index < -0.39 is 23.3 Å². The van der Waals surface area contributed by atoms with Crippen molar-refractivity contribution < 1.29 is 38.0 Å². The minimum absolute atomic E-state index is 0.0602. The minimum Gasteiger partial charge on any atom is -0.508 e. The zero-order chi connectivity index (χ0) is 20.0. The Morgan fingerprint density at radius 1 is 1.18 bits per heavy atom. The van der Waals surface area contributed by atoms with Crippen LogP contribution in [0.2, 0.25) is 0 Å². The summed E-state index contributed by atoms with van der Waals surface area (Å²) in [4.78, 5) is 11.8. The number of ether oxygens (including phenoxy) is 1. The lowest BCUT2D eigenvalue weighted by atomic mass is 9.43. The zero-order valence-corrected chi connectivity index (χ0v) is 15.9. The van der Waals surface area contributed by atoms with Crippen LogP contribution in [0.5, 0.6) is 5.75 Å². The summed E-state index contributed by atoms with van der Waals surface area (Å²) in [6, 6.07) is 7.25. The number of rotatable bonds is 7. The third-order valence-corrected chi connectivity index (χ3v) is 7.08. The second kappa shape index (κ2) is 7.12. The van der Waals surface area contributed by atoms with Gasteiger partial charge in [-0.3, -0.25) is 0 Å². The van der Waals surface area contributed by atoms with Crippen LogP contribution in [0.15, 0.2) is 24.3 Å². The van der Waals surface area contributed by atoms with Crippen molar-refractivity contribution >= 4 is 18.0 Å². The highest BCUT2D eigenvalue weighted by Crippen LogP contribution is 2.65. The molecule has 0 amide bonds. The number of carbonyl (C=O) groups excluding carboxylic acids is 1. The molecule has 6 nitrogen and oxygen atoms in total. The summed E-state index contributed by atoms with van der Waals surface area (Å²) < 4.78 is 36.1. The van der Waals surface area contributed by atoms with Crippen LogP contribution in [0, 0.1) is 17.3 Å². The van der Waals surface area contributed by atoms with Crippen molar-refractivity contribution in [2.24, 2.45) is 17.3 Å². The molecule has 9 heteroatoms. The Morgan fingerprint density at radius 2 is 1.82 bits per heavy atom. The summed E-state index contributed by atoms with van der Waals surface area (Å²) >= 11 is -0.603. The SMILES string of the molecule is O=C(OCC12CC3CC(C1)CC(c1ccc(O)cc1)(C3)C2)C(F)(F)SOOO. The molecule has 28 heavy (non-hydrogen) atoms. The van der Waals surface area contributed by atoms with Gasteiger partial charge in [0.25, 0.3) is 0 Å². The molecule has 4 aliphatic carbocycles. The topological polar surface area (TPSA) is 85.2 Å². The maximum Gasteiger partial charge on any atom is 0.415 e. The first-order valence-corrected chi connectivity index (χ1v) is 10.0. The zero-order valence-electron chi connectivity index (χ0n) is 15.1. The highest BCUT2D eigenvalue weighted by molar-refractivity contribution is 7.96. The number of phenolic OH excluding ortho intramolecular Hbond substituents is 1. The van der Waals surface area contributed by atoms with Crippen molar-refractivity contribution in [3.63, 3.8) is 0 Å². The van der Waals surface area contributed by atoms with Gasteiger partial charge in [-0.2, -0.15) is 8.78 Å².